The molecule has 0 saturated heterocycles. The molecule has 0 radical (unpaired) electrons. The molecule has 0 spiro atoms. The first kappa shape index (κ1) is 30.8. The molecule has 5 aromatic carbocycles. The van der Waals surface area contributed by atoms with E-state index in [1.54, 1.807) is 23.9 Å². The molecule has 0 atom stereocenters. The van der Waals surface area contributed by atoms with Crippen LogP contribution in [0.4, 0.5) is 0 Å². The van der Waals surface area contributed by atoms with Crippen LogP contribution in [0.3, 0.4) is 0 Å². The normalized spacial score (nSPS) is 17.4. The number of fused-ring (bicyclic) bond motifs is 2. The second-order valence-electron chi connectivity index (χ2n) is 12.7. The van der Waals surface area contributed by atoms with Gasteiger partial charge in [-0.15, -0.1) is 0 Å². The van der Waals surface area contributed by atoms with Crippen molar-refractivity contribution >= 4 is 35.1 Å². The Labute approximate surface area is 281 Å². The summed E-state index contributed by atoms with van der Waals surface area (Å²) in [5.74, 6) is 1.44. The number of ketones is 2. The zero-order chi connectivity index (χ0) is 31.6. The molecule has 0 aliphatic heterocycles. The highest BCUT2D eigenvalue weighted by Gasteiger charge is 2.34. The number of rotatable bonds is 8. The van der Waals surface area contributed by atoms with Crippen LogP contribution in [0.25, 0.3) is 11.1 Å². The fourth-order valence-corrected chi connectivity index (χ4v) is 8.97. The molecule has 46 heavy (non-hydrogen) atoms. The van der Waals surface area contributed by atoms with Crippen molar-refractivity contribution in [3.05, 3.63) is 143 Å². The number of benzene rings is 5. The van der Waals surface area contributed by atoms with Crippen molar-refractivity contribution in [1.82, 2.24) is 0 Å². The summed E-state index contributed by atoms with van der Waals surface area (Å²) in [6, 6.07) is 37.2. The molecule has 5 aromatic rings. The highest BCUT2D eigenvalue weighted by Crippen LogP contribution is 2.43. The molecule has 2 aliphatic rings. The number of hydrogen-bond acceptors (Lipinski definition) is 4. The lowest BCUT2D eigenvalue weighted by Crippen LogP contribution is -2.22. The fraction of sp³-hybridized carbons (Fsp3) is 0.238. The van der Waals surface area contributed by atoms with E-state index in [9.17, 15) is 9.59 Å². The SMILES string of the molecule is CCCC1CCC(c2ccc(-c3ccc(Sc4ccc(Sc5ccc(C)cc5)c5c4C(=O)c4ccccc4C5=O)cc3)cc2)CC1. The summed E-state index contributed by atoms with van der Waals surface area (Å²) in [4.78, 5) is 31.6. The van der Waals surface area contributed by atoms with Gasteiger partial charge in [-0.25, -0.2) is 0 Å². The number of aryl methyl sites for hydroxylation is 1. The fourth-order valence-electron chi connectivity index (χ4n) is 7.05. The summed E-state index contributed by atoms with van der Waals surface area (Å²) in [7, 11) is 0. The van der Waals surface area contributed by atoms with Crippen LogP contribution in [0.1, 0.15) is 94.3 Å². The maximum absolute atomic E-state index is 14.0. The van der Waals surface area contributed by atoms with Crippen molar-refractivity contribution < 1.29 is 9.59 Å². The van der Waals surface area contributed by atoms with Gasteiger partial charge in [-0.05, 0) is 97.5 Å². The molecule has 2 nitrogen and oxygen atoms in total. The molecule has 0 aromatic heterocycles. The predicted molar refractivity (Wildman–Crippen MR) is 191 cm³/mol. The molecule has 0 bridgehead atoms. The molecular weight excluding hydrogens is 601 g/mol. The third-order valence-electron chi connectivity index (χ3n) is 9.59. The van der Waals surface area contributed by atoms with E-state index in [4.69, 9.17) is 0 Å². The summed E-state index contributed by atoms with van der Waals surface area (Å²) in [5, 5.41) is 0. The van der Waals surface area contributed by atoms with Gasteiger partial charge >= 0.3 is 0 Å². The Balaban J connectivity index is 1.13. The smallest absolute Gasteiger partial charge is 0.195 e. The van der Waals surface area contributed by atoms with Crippen molar-refractivity contribution in [3.8, 4) is 11.1 Å². The zero-order valence-corrected chi connectivity index (χ0v) is 28.1. The van der Waals surface area contributed by atoms with Crippen molar-refractivity contribution in [2.75, 3.05) is 0 Å². The summed E-state index contributed by atoms with van der Waals surface area (Å²) in [6.45, 7) is 4.36. The van der Waals surface area contributed by atoms with Gasteiger partial charge in [-0.1, -0.05) is 122 Å². The zero-order valence-electron chi connectivity index (χ0n) is 26.4. The standard InChI is InChI=1S/C42H38O2S2/c1-3-6-28-11-13-29(14-12-28)30-15-17-31(18-16-30)32-19-23-34(24-20-32)46-38-26-25-37(45-33-21-9-27(2)10-22-33)39-40(38)42(44)36-8-5-4-7-35(36)41(39)43/h4-5,7-10,15-26,28-29H,3,6,11-14H2,1-2H3. The quantitative estimate of drug-likeness (QED) is 0.166. The van der Waals surface area contributed by atoms with Crippen LogP contribution in [-0.4, -0.2) is 11.6 Å². The Bertz CT molecular complexity index is 1880. The van der Waals surface area contributed by atoms with Crippen LogP contribution in [0.15, 0.2) is 129 Å². The van der Waals surface area contributed by atoms with E-state index < -0.39 is 0 Å². The molecule has 7 rings (SSSR count). The van der Waals surface area contributed by atoms with Crippen LogP contribution < -0.4 is 0 Å². The van der Waals surface area contributed by atoms with E-state index in [0.29, 0.717) is 28.2 Å². The third kappa shape index (κ3) is 6.26. The molecule has 2 aliphatic carbocycles. The van der Waals surface area contributed by atoms with Gasteiger partial charge in [0.25, 0.3) is 0 Å². The average molecular weight is 639 g/mol. The molecule has 1 saturated carbocycles. The Morgan fingerprint density at radius 1 is 0.587 bits per heavy atom. The van der Waals surface area contributed by atoms with Gasteiger partial charge in [0, 0.05) is 41.8 Å². The number of carbonyl (C=O) groups is 2. The second-order valence-corrected chi connectivity index (χ2v) is 14.9. The lowest BCUT2D eigenvalue weighted by atomic mass is 9.77. The molecular formula is C42H38O2S2. The summed E-state index contributed by atoms with van der Waals surface area (Å²) < 4.78 is 0. The molecule has 1 fully saturated rings. The van der Waals surface area contributed by atoms with Crippen LogP contribution in [0.5, 0.6) is 0 Å². The lowest BCUT2D eigenvalue weighted by Gasteiger charge is -2.28. The maximum atomic E-state index is 14.0. The van der Waals surface area contributed by atoms with Crippen LogP contribution in [0.2, 0.25) is 0 Å². The van der Waals surface area contributed by atoms with Gasteiger partial charge in [-0.3, -0.25) is 9.59 Å². The van der Waals surface area contributed by atoms with E-state index >= 15 is 0 Å². The maximum Gasteiger partial charge on any atom is 0.195 e. The van der Waals surface area contributed by atoms with Crippen molar-refractivity contribution in [2.24, 2.45) is 5.92 Å². The minimum atomic E-state index is -0.0883. The molecule has 0 unspecified atom stereocenters. The minimum absolute atomic E-state index is 0.0879. The largest absolute Gasteiger partial charge is 0.289 e. The van der Waals surface area contributed by atoms with Gasteiger partial charge in [0.2, 0.25) is 0 Å². The minimum Gasteiger partial charge on any atom is -0.289 e. The first-order chi connectivity index (χ1) is 22.5. The lowest BCUT2D eigenvalue weighted by molar-refractivity contribution is 0.0974. The summed E-state index contributed by atoms with van der Waals surface area (Å²) in [6.07, 6.45) is 8.03. The molecule has 0 amide bonds. The Hall–Kier alpha value is -3.86. The summed E-state index contributed by atoms with van der Waals surface area (Å²) in [5.41, 5.74) is 7.02. The van der Waals surface area contributed by atoms with Gasteiger partial charge < -0.3 is 0 Å². The topological polar surface area (TPSA) is 34.1 Å². The molecule has 230 valence electrons. The second kappa shape index (κ2) is 13.5. The van der Waals surface area contributed by atoms with E-state index in [1.165, 1.54) is 72.5 Å². The van der Waals surface area contributed by atoms with Crippen LogP contribution in [0, 0.1) is 12.8 Å². The molecule has 4 heteroatoms. The van der Waals surface area contributed by atoms with Gasteiger partial charge in [-0.2, -0.15) is 0 Å². The highest BCUT2D eigenvalue weighted by molar-refractivity contribution is 8.00. The highest BCUT2D eigenvalue weighted by atomic mass is 32.2. The molecule has 0 N–H and O–H groups in total. The first-order valence-corrected chi connectivity index (χ1v) is 18.1. The number of carbonyl (C=O) groups excluding carboxylic acids is 2. The van der Waals surface area contributed by atoms with E-state index in [-0.39, 0.29) is 11.6 Å². The van der Waals surface area contributed by atoms with Gasteiger partial charge in [0.1, 0.15) is 0 Å². The Kier molecular flexibility index (Phi) is 9.01. The first-order valence-electron chi connectivity index (χ1n) is 16.5. The Morgan fingerprint density at radius 2 is 1.07 bits per heavy atom. The number of hydrogen-bond donors (Lipinski definition) is 0. The molecule has 0 heterocycles. The van der Waals surface area contributed by atoms with Crippen molar-refractivity contribution in [2.45, 2.75) is 77.9 Å². The van der Waals surface area contributed by atoms with E-state index in [0.717, 1.165) is 25.5 Å². The van der Waals surface area contributed by atoms with Crippen molar-refractivity contribution in [1.29, 1.82) is 0 Å². The van der Waals surface area contributed by atoms with Gasteiger partial charge in [0.05, 0.1) is 0 Å². The predicted octanol–water partition coefficient (Wildman–Crippen LogP) is 11.8. The van der Waals surface area contributed by atoms with E-state index in [1.807, 2.05) is 24.3 Å². The van der Waals surface area contributed by atoms with Gasteiger partial charge in [0.15, 0.2) is 11.6 Å². The van der Waals surface area contributed by atoms with E-state index in [2.05, 4.69) is 86.6 Å². The van der Waals surface area contributed by atoms with Crippen LogP contribution >= 0.6 is 23.5 Å². The Morgan fingerprint density at radius 3 is 1.57 bits per heavy atom. The van der Waals surface area contributed by atoms with Crippen molar-refractivity contribution in [3.63, 3.8) is 0 Å². The summed E-state index contributed by atoms with van der Waals surface area (Å²) >= 11 is 3.08. The van der Waals surface area contributed by atoms with Crippen LogP contribution in [-0.2, 0) is 0 Å². The average Bonchev–Trinajstić information content (AvgIpc) is 3.09. The third-order valence-corrected chi connectivity index (χ3v) is 11.7. The monoisotopic (exact) mass is 638 g/mol.